The Labute approximate surface area is 348 Å². The first-order chi connectivity index (χ1) is 26.8. The van der Waals surface area contributed by atoms with Gasteiger partial charge in [-0.2, -0.15) is 0 Å². The summed E-state index contributed by atoms with van der Waals surface area (Å²) in [5.74, 6) is -0.833. The van der Waals surface area contributed by atoms with Crippen molar-refractivity contribution in [2.75, 3.05) is 40.6 Å². The Morgan fingerprint density at radius 3 is 1.79 bits per heavy atom. The zero-order valence-electron chi connectivity index (χ0n) is 37.6. The van der Waals surface area contributed by atoms with Crippen molar-refractivity contribution in [2.24, 2.45) is 10.8 Å². The lowest BCUT2D eigenvalue weighted by atomic mass is 9.74. The van der Waals surface area contributed by atoms with E-state index in [0.717, 1.165) is 37.0 Å². The van der Waals surface area contributed by atoms with Crippen LogP contribution in [0.3, 0.4) is 0 Å². The second kappa shape index (κ2) is 25.3. The predicted octanol–water partition coefficient (Wildman–Crippen LogP) is 9.16. The van der Waals surface area contributed by atoms with Crippen LogP contribution in [0.15, 0.2) is 67.3 Å². The smallest absolute Gasteiger partial charge is 0.347 e. The van der Waals surface area contributed by atoms with E-state index in [4.69, 9.17) is 33.2 Å². The molecule has 1 aromatic rings. The van der Waals surface area contributed by atoms with Gasteiger partial charge in [0.2, 0.25) is 6.10 Å². The molecule has 2 fully saturated rings. The second-order valence-corrected chi connectivity index (χ2v) is 16.2. The predicted molar refractivity (Wildman–Crippen MR) is 227 cm³/mol. The molecular weight excluding hydrogens is 744 g/mol. The topological polar surface area (TPSA) is 142 Å². The molecule has 12 heteroatoms. The largest absolute Gasteiger partial charge is 0.465 e. The molecule has 0 aromatic heterocycles. The summed E-state index contributed by atoms with van der Waals surface area (Å²) in [7, 11) is 3.32. The van der Waals surface area contributed by atoms with Gasteiger partial charge < -0.3 is 37.9 Å². The summed E-state index contributed by atoms with van der Waals surface area (Å²) in [6, 6.07) is 7.74. The van der Waals surface area contributed by atoms with E-state index in [1.165, 1.54) is 6.92 Å². The highest BCUT2D eigenvalue weighted by Crippen LogP contribution is 2.47. The zero-order valence-corrected chi connectivity index (χ0v) is 37.6. The van der Waals surface area contributed by atoms with Gasteiger partial charge in [0.25, 0.3) is 0 Å². The first-order valence-corrected chi connectivity index (χ1v) is 19.6. The van der Waals surface area contributed by atoms with Crippen molar-refractivity contribution in [1.29, 1.82) is 0 Å². The first-order valence-electron chi connectivity index (χ1n) is 19.6. The van der Waals surface area contributed by atoms with Crippen molar-refractivity contribution in [3.8, 4) is 5.75 Å². The van der Waals surface area contributed by atoms with Gasteiger partial charge in [0, 0.05) is 54.8 Å². The van der Waals surface area contributed by atoms with E-state index >= 15 is 0 Å². The Balaban J connectivity index is 0.000000752. The fourth-order valence-electron chi connectivity index (χ4n) is 5.57. The van der Waals surface area contributed by atoms with Crippen LogP contribution in [0.2, 0.25) is 0 Å². The molecule has 0 amide bonds. The van der Waals surface area contributed by atoms with Gasteiger partial charge in [0.05, 0.1) is 19.8 Å². The Bertz CT molecular complexity index is 1510. The number of cyclic esters (lactones) is 1. The number of methoxy groups -OCH3 is 2. The maximum Gasteiger partial charge on any atom is 0.347 e. The van der Waals surface area contributed by atoms with Crippen LogP contribution in [0.5, 0.6) is 5.75 Å². The minimum atomic E-state index is -0.728. The van der Waals surface area contributed by atoms with Gasteiger partial charge in [-0.25, -0.2) is 19.2 Å². The van der Waals surface area contributed by atoms with E-state index in [2.05, 4.69) is 44.9 Å². The van der Waals surface area contributed by atoms with Crippen LogP contribution in [0.25, 0.3) is 6.08 Å². The number of carbonyl (C=O) groups excluding carboxylic acids is 4. The molecule has 328 valence electrons. The van der Waals surface area contributed by atoms with Gasteiger partial charge in [-0.3, -0.25) is 0 Å². The Kier molecular flexibility index (Phi) is 23.4. The molecule has 1 saturated heterocycles. The normalized spacial score (nSPS) is 16.2. The molecule has 58 heavy (non-hydrogen) atoms. The molecule has 1 aliphatic heterocycles. The molecule has 1 heterocycles. The quantitative estimate of drug-likeness (QED) is 0.0641. The summed E-state index contributed by atoms with van der Waals surface area (Å²) >= 11 is 0. The first kappa shape index (κ1) is 53.7. The summed E-state index contributed by atoms with van der Waals surface area (Å²) < 4.78 is 41.7. The van der Waals surface area contributed by atoms with Gasteiger partial charge >= 0.3 is 23.9 Å². The average Bonchev–Trinajstić information content (AvgIpc) is 3.78. The molecule has 1 saturated carbocycles. The van der Waals surface area contributed by atoms with Gasteiger partial charge in [-0.15, -0.1) is 0 Å². The monoisotopic (exact) mass is 817 g/mol. The van der Waals surface area contributed by atoms with E-state index in [0.29, 0.717) is 44.0 Å². The number of carbonyl (C=O) groups is 4. The summed E-state index contributed by atoms with van der Waals surface area (Å²) in [5, 5.41) is 0. The van der Waals surface area contributed by atoms with E-state index < -0.39 is 23.6 Å². The molecule has 2 atom stereocenters. The van der Waals surface area contributed by atoms with Crippen molar-refractivity contribution in [1.82, 2.24) is 0 Å². The molecule has 0 bridgehead atoms. The number of esters is 4. The van der Waals surface area contributed by atoms with Crippen molar-refractivity contribution in [3.05, 3.63) is 72.9 Å². The molecular formula is C46H72O12. The average molecular weight is 817 g/mol. The van der Waals surface area contributed by atoms with E-state index in [-0.39, 0.29) is 40.2 Å². The third-order valence-electron chi connectivity index (χ3n) is 9.92. The maximum atomic E-state index is 11.8. The highest BCUT2D eigenvalue weighted by Gasteiger charge is 2.50. The standard InChI is InChI=1S/C14H24O3.C12H22O3.C12H16O2.C8H10O4/c1-11(2)12(15)17-14(8-6-7-9-14)13(3,4)10-16-5;1-9(2)10(13)15-12(5,6)11(3,4)8-14-7;1-4-11-6-8-12(9-7-11)14-10(3)13-5-2;1-5(2)7(9)12-6-3-4-11-8(6)10/h1,6-10H2,2-5H3;1,8H2,2-7H3;4,6-10H,1,5H2,2-3H3;6H,1,3-4H2,2H3. The lowest BCUT2D eigenvalue weighted by Gasteiger charge is -2.43. The number of hydrogen-bond donors (Lipinski definition) is 0. The van der Waals surface area contributed by atoms with Gasteiger partial charge in [0.15, 0.2) is 6.29 Å². The van der Waals surface area contributed by atoms with Crippen LogP contribution in [-0.2, 0) is 52.3 Å². The summed E-state index contributed by atoms with van der Waals surface area (Å²) in [5.41, 5.74) is 0.866. The molecule has 1 aliphatic carbocycles. The van der Waals surface area contributed by atoms with Crippen molar-refractivity contribution in [3.63, 3.8) is 0 Å². The molecule has 0 N–H and O–H groups in total. The SMILES string of the molecule is C=C(C)C(=O)OC(C)(C)C(C)(C)COC.C=C(C)C(=O)OC1(C(C)(C)COC)CCCC1.C=C(C)C(=O)OC1CCOC1=O.C=Cc1ccc(OC(C)OCC)cc1. The molecule has 0 radical (unpaired) electrons. The highest BCUT2D eigenvalue weighted by molar-refractivity contribution is 5.90. The fourth-order valence-corrected chi connectivity index (χ4v) is 5.57. The van der Waals surface area contributed by atoms with Crippen molar-refractivity contribution >= 4 is 30.0 Å². The number of benzene rings is 1. The third-order valence-corrected chi connectivity index (χ3v) is 9.92. The lowest BCUT2D eigenvalue weighted by Crippen LogP contribution is -2.48. The molecule has 0 spiro atoms. The van der Waals surface area contributed by atoms with Gasteiger partial charge in [0.1, 0.15) is 17.0 Å². The van der Waals surface area contributed by atoms with E-state index in [9.17, 15) is 19.2 Å². The molecule has 2 aliphatic rings. The van der Waals surface area contributed by atoms with Crippen LogP contribution >= 0.6 is 0 Å². The summed E-state index contributed by atoms with van der Waals surface area (Å²) in [4.78, 5) is 45.0. The number of rotatable bonds is 17. The Morgan fingerprint density at radius 1 is 0.862 bits per heavy atom. The molecule has 12 nitrogen and oxygen atoms in total. The van der Waals surface area contributed by atoms with Crippen LogP contribution in [0.4, 0.5) is 0 Å². The maximum absolute atomic E-state index is 11.8. The van der Waals surface area contributed by atoms with E-state index in [1.807, 2.05) is 65.8 Å². The van der Waals surface area contributed by atoms with Gasteiger partial charge in [-0.1, -0.05) is 72.2 Å². The summed E-state index contributed by atoms with van der Waals surface area (Å²) in [6.07, 6.45) is 5.37. The van der Waals surface area contributed by atoms with Crippen molar-refractivity contribution < 1.29 is 57.1 Å². The molecule has 1 aromatic carbocycles. The Hall–Kier alpha value is -4.26. The van der Waals surface area contributed by atoms with Crippen molar-refractivity contribution in [2.45, 2.75) is 132 Å². The lowest BCUT2D eigenvalue weighted by molar-refractivity contribution is -0.174. The van der Waals surface area contributed by atoms with Gasteiger partial charge in [-0.05, 0) is 91.8 Å². The zero-order chi connectivity index (χ0) is 44.9. The van der Waals surface area contributed by atoms with Crippen LogP contribution < -0.4 is 4.74 Å². The minimum absolute atomic E-state index is 0.163. The number of hydrogen-bond acceptors (Lipinski definition) is 12. The molecule has 3 rings (SSSR count). The van der Waals surface area contributed by atoms with Crippen LogP contribution in [-0.4, -0.2) is 88.1 Å². The second-order valence-electron chi connectivity index (χ2n) is 16.2. The van der Waals surface area contributed by atoms with Crippen LogP contribution in [0, 0.1) is 10.8 Å². The number of ether oxygens (including phenoxy) is 8. The minimum Gasteiger partial charge on any atom is -0.465 e. The Morgan fingerprint density at radius 2 is 1.38 bits per heavy atom. The highest BCUT2D eigenvalue weighted by atomic mass is 16.7. The molecule has 2 unspecified atom stereocenters. The van der Waals surface area contributed by atoms with E-state index in [1.54, 1.807) is 34.1 Å². The fraction of sp³-hybridized carbons (Fsp3) is 0.609. The third kappa shape index (κ3) is 18.1. The van der Waals surface area contributed by atoms with Crippen LogP contribution in [0.1, 0.15) is 114 Å². The summed E-state index contributed by atoms with van der Waals surface area (Å²) in [6.45, 7) is 37.1.